The van der Waals surface area contributed by atoms with Crippen molar-refractivity contribution in [1.82, 2.24) is 0 Å². The van der Waals surface area contributed by atoms with Crippen LogP contribution in [0.15, 0.2) is 85.1 Å². The highest BCUT2D eigenvalue weighted by Gasteiger charge is 2.19. The van der Waals surface area contributed by atoms with Crippen LogP contribution in [0.2, 0.25) is 0 Å². The lowest BCUT2D eigenvalue weighted by Crippen LogP contribution is -2.30. The van der Waals surface area contributed by atoms with Crippen LogP contribution in [0.1, 0.15) is 355 Å². The first-order valence-electron chi connectivity index (χ1n) is 35.1. The van der Waals surface area contributed by atoms with Crippen LogP contribution >= 0.6 is 0 Å². The Morgan fingerprint density at radius 2 is 0.481 bits per heavy atom. The average Bonchev–Trinajstić information content (AvgIpc) is 3.47. The van der Waals surface area contributed by atoms with E-state index < -0.39 is 6.10 Å². The Morgan fingerprint density at radius 1 is 0.259 bits per heavy atom. The lowest BCUT2D eigenvalue weighted by molar-refractivity contribution is -0.167. The Hall–Kier alpha value is -3.41. The molecule has 6 nitrogen and oxygen atoms in total. The highest BCUT2D eigenvalue weighted by Crippen LogP contribution is 2.17. The van der Waals surface area contributed by atoms with Gasteiger partial charge < -0.3 is 14.2 Å². The number of hydrogen-bond donors (Lipinski definition) is 0. The van der Waals surface area contributed by atoms with Crippen molar-refractivity contribution in [1.29, 1.82) is 0 Å². The molecule has 0 aromatic heterocycles. The van der Waals surface area contributed by atoms with E-state index in [0.717, 1.165) is 103 Å². The molecule has 0 heterocycles. The number of carbonyl (C=O) groups excluding carboxylic acids is 3. The molecular weight excluding hydrogens is 997 g/mol. The smallest absolute Gasteiger partial charge is 0.306 e. The van der Waals surface area contributed by atoms with Gasteiger partial charge in [-0.3, -0.25) is 14.4 Å². The van der Waals surface area contributed by atoms with E-state index in [1.165, 1.54) is 212 Å². The van der Waals surface area contributed by atoms with Crippen molar-refractivity contribution in [2.24, 2.45) is 0 Å². The van der Waals surface area contributed by atoms with Gasteiger partial charge in [0, 0.05) is 19.3 Å². The summed E-state index contributed by atoms with van der Waals surface area (Å²) < 4.78 is 17.0. The standard InChI is InChI=1S/C75H132O6/c1-4-7-10-13-16-19-22-25-28-30-32-34-36-37-39-40-42-44-47-50-53-56-59-62-65-68-74(77)80-71-72(70-79-73(76)67-64-61-58-55-52-49-46-27-24-21-18-15-12-9-6-3)81-75(78)69-66-63-60-57-54-51-48-45-43-41-38-35-33-31-29-26-23-20-17-14-11-8-5-2/h7,10,16,19,23,25-26,28,31-34,38,41,72H,4-6,8-9,11-15,17-18,20-22,24,27,29-30,35-37,39-40,42-71H2,1-3H3/b10-7-,19-16-,26-23-,28-25-,33-31-,34-32-,41-38-. The van der Waals surface area contributed by atoms with Gasteiger partial charge in [-0.1, -0.05) is 324 Å². The van der Waals surface area contributed by atoms with Crippen molar-refractivity contribution in [2.75, 3.05) is 13.2 Å². The molecule has 0 spiro atoms. The highest BCUT2D eigenvalue weighted by atomic mass is 16.6. The van der Waals surface area contributed by atoms with Crippen LogP contribution in [-0.2, 0) is 28.6 Å². The first kappa shape index (κ1) is 77.6. The van der Waals surface area contributed by atoms with Crippen molar-refractivity contribution < 1.29 is 28.6 Å². The first-order valence-corrected chi connectivity index (χ1v) is 35.1. The molecule has 0 saturated carbocycles. The lowest BCUT2D eigenvalue weighted by Gasteiger charge is -2.18. The van der Waals surface area contributed by atoms with E-state index >= 15 is 0 Å². The van der Waals surface area contributed by atoms with Gasteiger partial charge in [-0.15, -0.1) is 0 Å². The van der Waals surface area contributed by atoms with Gasteiger partial charge >= 0.3 is 17.9 Å². The van der Waals surface area contributed by atoms with Crippen LogP contribution in [0.4, 0.5) is 0 Å². The van der Waals surface area contributed by atoms with Crippen molar-refractivity contribution in [3.63, 3.8) is 0 Å². The van der Waals surface area contributed by atoms with Gasteiger partial charge in [-0.2, -0.15) is 0 Å². The molecule has 0 aromatic rings. The Bertz CT molecular complexity index is 1530. The zero-order chi connectivity index (χ0) is 58.5. The quantitative estimate of drug-likeness (QED) is 0.0261. The molecular formula is C75H132O6. The third-order valence-corrected chi connectivity index (χ3v) is 15.4. The molecule has 0 aliphatic rings. The molecule has 0 aliphatic carbocycles. The summed E-state index contributed by atoms with van der Waals surface area (Å²) in [5.41, 5.74) is 0. The Morgan fingerprint density at radius 3 is 0.753 bits per heavy atom. The number of unbranched alkanes of at least 4 members (excludes halogenated alkanes) is 39. The summed E-state index contributed by atoms with van der Waals surface area (Å²) in [7, 11) is 0. The minimum atomic E-state index is -0.782. The molecule has 0 rings (SSSR count). The zero-order valence-corrected chi connectivity index (χ0v) is 53.8. The minimum Gasteiger partial charge on any atom is -0.462 e. The number of esters is 3. The fourth-order valence-corrected chi connectivity index (χ4v) is 10.2. The molecule has 81 heavy (non-hydrogen) atoms. The maximum absolute atomic E-state index is 13.0. The van der Waals surface area contributed by atoms with Crippen LogP contribution in [0.5, 0.6) is 0 Å². The van der Waals surface area contributed by atoms with Gasteiger partial charge in [0.15, 0.2) is 6.10 Å². The number of rotatable bonds is 64. The molecule has 6 heteroatoms. The molecule has 1 unspecified atom stereocenters. The molecule has 0 saturated heterocycles. The molecule has 468 valence electrons. The summed E-state index contributed by atoms with van der Waals surface area (Å²) in [6.07, 6.45) is 91.7. The second kappa shape index (κ2) is 69.1. The number of allylic oxidation sites excluding steroid dienone is 14. The molecule has 0 N–H and O–H groups in total. The number of carbonyl (C=O) groups is 3. The van der Waals surface area contributed by atoms with E-state index in [4.69, 9.17) is 14.2 Å². The molecule has 0 radical (unpaired) electrons. The van der Waals surface area contributed by atoms with Gasteiger partial charge in [0.2, 0.25) is 0 Å². The van der Waals surface area contributed by atoms with Crippen LogP contribution in [-0.4, -0.2) is 37.2 Å². The number of hydrogen-bond acceptors (Lipinski definition) is 6. The molecule has 0 aliphatic heterocycles. The molecule has 0 aromatic carbocycles. The SMILES string of the molecule is CC/C=C\C/C=C\C/C=C\C/C=C\CCCCCCCCCCCCCCC(=O)OCC(COC(=O)CCCCCCCCCCCCCCCCC)OC(=O)CCCCCCCCCC/C=C\C/C=C\C/C=C\CCCCCCC. The van der Waals surface area contributed by atoms with Crippen molar-refractivity contribution in [2.45, 2.75) is 361 Å². The summed E-state index contributed by atoms with van der Waals surface area (Å²) in [6, 6.07) is 0. The van der Waals surface area contributed by atoms with Crippen LogP contribution in [0.25, 0.3) is 0 Å². The second-order valence-corrected chi connectivity index (χ2v) is 23.4. The summed E-state index contributed by atoms with van der Waals surface area (Å²) in [5.74, 6) is -0.866. The van der Waals surface area contributed by atoms with E-state index in [2.05, 4.69) is 106 Å². The van der Waals surface area contributed by atoms with Gasteiger partial charge in [-0.05, 0) is 96.3 Å². The van der Waals surface area contributed by atoms with Crippen LogP contribution < -0.4 is 0 Å². The van der Waals surface area contributed by atoms with Gasteiger partial charge in [0.1, 0.15) is 13.2 Å². The maximum atomic E-state index is 13.0. The third-order valence-electron chi connectivity index (χ3n) is 15.4. The first-order chi connectivity index (χ1) is 40.0. The minimum absolute atomic E-state index is 0.0761. The Labute approximate surface area is 503 Å². The molecule has 1 atom stereocenters. The Kier molecular flexibility index (Phi) is 66.2. The van der Waals surface area contributed by atoms with E-state index in [0.29, 0.717) is 19.3 Å². The van der Waals surface area contributed by atoms with Crippen LogP contribution in [0, 0.1) is 0 Å². The van der Waals surface area contributed by atoms with Gasteiger partial charge in [-0.25, -0.2) is 0 Å². The normalized spacial score (nSPS) is 12.6. The van der Waals surface area contributed by atoms with Crippen molar-refractivity contribution in [3.8, 4) is 0 Å². The van der Waals surface area contributed by atoms with E-state index in [-0.39, 0.29) is 31.1 Å². The fraction of sp³-hybridized carbons (Fsp3) is 0.773. The third kappa shape index (κ3) is 67.3. The Balaban J connectivity index is 4.33. The fourth-order valence-electron chi connectivity index (χ4n) is 10.2. The van der Waals surface area contributed by atoms with Crippen LogP contribution in [0.3, 0.4) is 0 Å². The topological polar surface area (TPSA) is 78.9 Å². The predicted molar refractivity (Wildman–Crippen MR) is 353 cm³/mol. The van der Waals surface area contributed by atoms with Gasteiger partial charge in [0.05, 0.1) is 0 Å². The summed E-state index contributed by atoms with van der Waals surface area (Å²) in [6.45, 7) is 6.56. The average molecular weight is 1130 g/mol. The maximum Gasteiger partial charge on any atom is 0.306 e. The summed E-state index contributed by atoms with van der Waals surface area (Å²) in [4.78, 5) is 38.5. The van der Waals surface area contributed by atoms with E-state index in [1.54, 1.807) is 0 Å². The highest BCUT2D eigenvalue weighted by molar-refractivity contribution is 5.71. The monoisotopic (exact) mass is 1130 g/mol. The van der Waals surface area contributed by atoms with Gasteiger partial charge in [0.25, 0.3) is 0 Å². The second-order valence-electron chi connectivity index (χ2n) is 23.4. The number of ether oxygens (including phenoxy) is 3. The van der Waals surface area contributed by atoms with E-state index in [9.17, 15) is 14.4 Å². The largest absolute Gasteiger partial charge is 0.462 e. The molecule has 0 bridgehead atoms. The lowest BCUT2D eigenvalue weighted by atomic mass is 10.0. The predicted octanol–water partition coefficient (Wildman–Crippen LogP) is 24.2. The zero-order valence-electron chi connectivity index (χ0n) is 53.8. The van der Waals surface area contributed by atoms with E-state index in [1.807, 2.05) is 0 Å². The molecule has 0 amide bonds. The van der Waals surface area contributed by atoms with Crippen molar-refractivity contribution >= 4 is 17.9 Å². The summed E-state index contributed by atoms with van der Waals surface area (Å²) in [5, 5.41) is 0. The van der Waals surface area contributed by atoms with Crippen molar-refractivity contribution in [3.05, 3.63) is 85.1 Å². The molecule has 0 fully saturated rings. The summed E-state index contributed by atoms with van der Waals surface area (Å²) >= 11 is 0.